The Labute approximate surface area is 236 Å². The Morgan fingerprint density at radius 2 is 1.90 bits per heavy atom. The molecule has 1 atom stereocenters. The third-order valence-electron chi connectivity index (χ3n) is 6.89. The van der Waals surface area contributed by atoms with Crippen LogP contribution < -0.4 is 21.1 Å². The summed E-state index contributed by atoms with van der Waals surface area (Å²) in [7, 11) is 1.96. The molecule has 4 aromatic rings. The van der Waals surface area contributed by atoms with Gasteiger partial charge in [0.15, 0.2) is 0 Å². The average Bonchev–Trinajstić information content (AvgIpc) is 2.95. The summed E-state index contributed by atoms with van der Waals surface area (Å²) >= 11 is 3.53. The average molecular weight is 558 g/mol. The summed E-state index contributed by atoms with van der Waals surface area (Å²) < 4.78 is 5.50. The van der Waals surface area contributed by atoms with E-state index in [-0.39, 0.29) is 11.6 Å². The predicted molar refractivity (Wildman–Crippen MR) is 159 cm³/mol. The molecule has 0 radical (unpaired) electrons. The minimum atomic E-state index is -0.0876. The number of aryl methyl sites for hydroxylation is 1. The Bertz CT molecular complexity index is 1550. The summed E-state index contributed by atoms with van der Waals surface area (Å²) in [6.07, 6.45) is 1.87. The molecular weight excluding hydrogens is 526 g/mol. The largest absolute Gasteiger partial charge is 0.378 e. The topological polar surface area (TPSA) is 82.3 Å². The van der Waals surface area contributed by atoms with E-state index in [2.05, 4.69) is 81.0 Å². The van der Waals surface area contributed by atoms with Crippen molar-refractivity contribution in [3.63, 3.8) is 0 Å². The second-order valence-corrected chi connectivity index (χ2v) is 11.9. The van der Waals surface area contributed by atoms with E-state index in [4.69, 9.17) is 4.74 Å². The standard InChI is InChI=1S/C30H31N5O2S2/c1-19-8-9-32-24(14-19)25(18-31-2)33-20-6-7-26-28(15-20)38-27-5-3-4-22(30(27)39-26)23-16-21(17-29(36)34-23)35-10-12-37-13-11-35/h3-9,14-17,25,31,33H,10-13,18H2,1-2H3,(H,34,36). The van der Waals surface area contributed by atoms with Crippen molar-refractivity contribution in [3.05, 3.63) is 88.5 Å². The molecule has 7 nitrogen and oxygen atoms in total. The third-order valence-corrected chi connectivity index (χ3v) is 9.49. The van der Waals surface area contributed by atoms with Gasteiger partial charge in [-0.15, -0.1) is 0 Å². The fourth-order valence-corrected chi connectivity index (χ4v) is 7.38. The highest BCUT2D eigenvalue weighted by molar-refractivity contribution is 8.05. The summed E-state index contributed by atoms with van der Waals surface area (Å²) in [5.74, 6) is 0. The van der Waals surface area contributed by atoms with Crippen LogP contribution in [0.25, 0.3) is 11.3 Å². The van der Waals surface area contributed by atoms with E-state index < -0.39 is 0 Å². The van der Waals surface area contributed by atoms with E-state index in [9.17, 15) is 4.79 Å². The molecule has 200 valence electrons. The van der Waals surface area contributed by atoms with Crippen molar-refractivity contribution >= 4 is 34.9 Å². The highest BCUT2D eigenvalue weighted by atomic mass is 32.2. The van der Waals surface area contributed by atoms with Crippen LogP contribution in [0.5, 0.6) is 0 Å². The smallest absolute Gasteiger partial charge is 0.250 e. The number of anilines is 2. The van der Waals surface area contributed by atoms with Crippen LogP contribution in [0.3, 0.4) is 0 Å². The van der Waals surface area contributed by atoms with Crippen molar-refractivity contribution in [2.24, 2.45) is 0 Å². The molecule has 0 spiro atoms. The monoisotopic (exact) mass is 557 g/mol. The molecule has 6 rings (SSSR count). The Morgan fingerprint density at radius 1 is 1.03 bits per heavy atom. The number of aromatic amines is 1. The molecule has 39 heavy (non-hydrogen) atoms. The summed E-state index contributed by atoms with van der Waals surface area (Å²) in [4.78, 5) is 27.3. The molecule has 0 saturated carbocycles. The van der Waals surface area contributed by atoms with Crippen LogP contribution in [-0.4, -0.2) is 49.9 Å². The van der Waals surface area contributed by atoms with Crippen molar-refractivity contribution in [3.8, 4) is 11.3 Å². The van der Waals surface area contributed by atoms with Crippen molar-refractivity contribution in [2.75, 3.05) is 50.1 Å². The summed E-state index contributed by atoms with van der Waals surface area (Å²) in [6, 6.07) is 20.9. The second kappa shape index (κ2) is 11.5. The molecule has 2 aliphatic rings. The van der Waals surface area contributed by atoms with Crippen LogP contribution in [0.15, 0.2) is 91.2 Å². The Balaban J connectivity index is 1.28. The van der Waals surface area contributed by atoms with Crippen LogP contribution in [-0.2, 0) is 4.74 Å². The predicted octanol–water partition coefficient (Wildman–Crippen LogP) is 5.57. The SMILES string of the molecule is CNCC(Nc1ccc2c(c1)Sc1cccc(-c3cc(N4CCOCC4)cc(=O)[nH]3)c1S2)c1cc(C)ccn1. The van der Waals surface area contributed by atoms with Crippen LogP contribution >= 0.6 is 23.5 Å². The zero-order valence-electron chi connectivity index (χ0n) is 22.0. The van der Waals surface area contributed by atoms with Gasteiger partial charge in [-0.1, -0.05) is 35.7 Å². The normalized spacial score (nSPS) is 15.4. The molecule has 2 aromatic carbocycles. The Hall–Kier alpha value is -3.24. The van der Waals surface area contributed by atoms with Gasteiger partial charge in [-0.25, -0.2) is 0 Å². The van der Waals surface area contributed by atoms with Gasteiger partial charge in [0.25, 0.3) is 0 Å². The molecule has 3 N–H and O–H groups in total. The van der Waals surface area contributed by atoms with Crippen LogP contribution in [0, 0.1) is 6.92 Å². The number of pyridine rings is 2. The van der Waals surface area contributed by atoms with E-state index in [0.717, 1.165) is 48.0 Å². The maximum atomic E-state index is 12.6. The minimum Gasteiger partial charge on any atom is -0.378 e. The van der Waals surface area contributed by atoms with E-state index >= 15 is 0 Å². The summed E-state index contributed by atoms with van der Waals surface area (Å²) in [5.41, 5.74) is 6.03. The number of hydrogen-bond donors (Lipinski definition) is 3. The van der Waals surface area contributed by atoms with E-state index in [1.54, 1.807) is 29.6 Å². The first kappa shape index (κ1) is 26.0. The number of rotatable bonds is 7. The molecule has 2 aromatic heterocycles. The number of ether oxygens (including phenoxy) is 1. The number of likely N-dealkylation sites (N-methyl/N-ethyl adjacent to an activating group) is 1. The first-order valence-corrected chi connectivity index (χ1v) is 14.7. The van der Waals surface area contributed by atoms with Crippen LogP contribution in [0.4, 0.5) is 11.4 Å². The number of morpholine rings is 1. The molecule has 0 amide bonds. The van der Waals surface area contributed by atoms with Crippen LogP contribution in [0.2, 0.25) is 0 Å². The van der Waals surface area contributed by atoms with Gasteiger partial charge >= 0.3 is 0 Å². The fraction of sp³-hybridized carbons (Fsp3) is 0.267. The van der Waals surface area contributed by atoms with Crippen molar-refractivity contribution in [1.82, 2.24) is 15.3 Å². The molecule has 4 heterocycles. The number of aromatic nitrogens is 2. The fourth-order valence-electron chi connectivity index (χ4n) is 4.97. The van der Waals surface area contributed by atoms with Crippen LogP contribution in [0.1, 0.15) is 17.3 Å². The van der Waals surface area contributed by atoms with Gasteiger partial charge < -0.3 is 25.3 Å². The van der Waals surface area contributed by atoms with Crippen molar-refractivity contribution in [2.45, 2.75) is 32.5 Å². The van der Waals surface area contributed by atoms with Crippen molar-refractivity contribution < 1.29 is 4.74 Å². The lowest BCUT2D eigenvalue weighted by atomic mass is 10.1. The van der Waals surface area contributed by atoms with E-state index in [1.807, 2.05) is 19.3 Å². The lowest BCUT2D eigenvalue weighted by molar-refractivity contribution is 0.122. The lowest BCUT2D eigenvalue weighted by Gasteiger charge is -2.29. The molecular formula is C30H31N5O2S2. The van der Waals surface area contributed by atoms with Crippen molar-refractivity contribution in [1.29, 1.82) is 0 Å². The highest BCUT2D eigenvalue weighted by Gasteiger charge is 2.23. The molecule has 1 unspecified atom stereocenters. The van der Waals surface area contributed by atoms with Gasteiger partial charge in [0.1, 0.15) is 0 Å². The summed E-state index contributed by atoms with van der Waals surface area (Å²) in [6.45, 7) is 5.80. The first-order chi connectivity index (χ1) is 19.1. The molecule has 1 saturated heterocycles. The maximum absolute atomic E-state index is 12.6. The quantitative estimate of drug-likeness (QED) is 0.240. The Kier molecular flexibility index (Phi) is 7.65. The summed E-state index contributed by atoms with van der Waals surface area (Å²) in [5, 5.41) is 6.96. The third kappa shape index (κ3) is 5.72. The molecule has 0 bridgehead atoms. The molecule has 2 aliphatic heterocycles. The Morgan fingerprint density at radius 3 is 2.72 bits per heavy atom. The van der Waals surface area contributed by atoms with Gasteiger partial charge in [-0.2, -0.15) is 0 Å². The number of benzene rings is 2. The number of fused-ring (bicyclic) bond motifs is 2. The number of nitrogens with zero attached hydrogens (tertiary/aromatic N) is 2. The second-order valence-electron chi connectivity index (χ2n) is 9.73. The van der Waals surface area contributed by atoms with Gasteiger partial charge in [0, 0.05) is 68.4 Å². The van der Waals surface area contributed by atoms with E-state index in [1.165, 1.54) is 25.1 Å². The van der Waals surface area contributed by atoms with Gasteiger partial charge in [0.2, 0.25) is 5.56 Å². The van der Waals surface area contributed by atoms with Gasteiger partial charge in [-0.3, -0.25) is 9.78 Å². The molecule has 9 heteroatoms. The highest BCUT2D eigenvalue weighted by Crippen LogP contribution is 2.52. The number of H-pyrrole nitrogens is 1. The molecule has 1 fully saturated rings. The first-order valence-electron chi connectivity index (χ1n) is 13.1. The number of hydrogen-bond acceptors (Lipinski definition) is 8. The number of nitrogens with one attached hydrogen (secondary N) is 3. The van der Waals surface area contributed by atoms with Gasteiger partial charge in [0.05, 0.1) is 30.6 Å². The minimum absolute atomic E-state index is 0.0589. The zero-order valence-corrected chi connectivity index (χ0v) is 23.6. The molecule has 0 aliphatic carbocycles. The van der Waals surface area contributed by atoms with Gasteiger partial charge in [-0.05, 0) is 62.0 Å². The zero-order chi connectivity index (χ0) is 26.8. The lowest BCUT2D eigenvalue weighted by Crippen LogP contribution is -2.36. The maximum Gasteiger partial charge on any atom is 0.250 e. The van der Waals surface area contributed by atoms with E-state index in [0.29, 0.717) is 13.2 Å².